The van der Waals surface area contributed by atoms with Gasteiger partial charge in [-0.2, -0.15) is 0 Å². The molecule has 3 rings (SSSR count). The summed E-state index contributed by atoms with van der Waals surface area (Å²) in [6.45, 7) is 3.17. The number of benzene rings is 2. The third-order valence-electron chi connectivity index (χ3n) is 3.96. The highest BCUT2D eigenvalue weighted by Gasteiger charge is 2.20. The zero-order valence-corrected chi connectivity index (χ0v) is 16.0. The zero-order valence-electron chi connectivity index (χ0n) is 15.2. The average molecular weight is 399 g/mol. The summed E-state index contributed by atoms with van der Waals surface area (Å²) in [5, 5.41) is 10.6. The van der Waals surface area contributed by atoms with Gasteiger partial charge in [-0.25, -0.2) is 9.07 Å². The highest BCUT2D eigenvalue weighted by molar-refractivity contribution is 8.00. The van der Waals surface area contributed by atoms with Gasteiger partial charge in [0.2, 0.25) is 11.1 Å². The first-order valence-electron chi connectivity index (χ1n) is 8.40. The quantitative estimate of drug-likeness (QED) is 0.375. The number of aromatic nitrogens is 3. The Balaban J connectivity index is 1.70. The number of hydrogen-bond acceptors (Lipinski definition) is 6. The van der Waals surface area contributed by atoms with Crippen LogP contribution in [0.2, 0.25) is 0 Å². The van der Waals surface area contributed by atoms with Gasteiger partial charge in [-0.15, -0.1) is 10.2 Å². The SMILES string of the molecule is CC(=O)c1cccc(NC(=O)[C@H](C)Sc2nnc(-c3ccc(F)cc3)n2N)c1. The number of thioether (sulfide) groups is 1. The van der Waals surface area contributed by atoms with E-state index in [1.54, 1.807) is 43.3 Å². The monoisotopic (exact) mass is 399 g/mol. The number of amides is 1. The number of anilines is 1. The molecule has 0 saturated heterocycles. The molecular formula is C19H18FN5O2S. The van der Waals surface area contributed by atoms with Gasteiger partial charge in [0.25, 0.3) is 0 Å². The molecule has 0 saturated carbocycles. The smallest absolute Gasteiger partial charge is 0.237 e. The van der Waals surface area contributed by atoms with Crippen molar-refractivity contribution in [2.24, 2.45) is 0 Å². The molecule has 3 aromatic rings. The molecule has 1 amide bonds. The van der Waals surface area contributed by atoms with E-state index in [0.29, 0.717) is 27.8 Å². The Hall–Kier alpha value is -3.20. The van der Waals surface area contributed by atoms with Crippen LogP contribution in [0.4, 0.5) is 10.1 Å². The third kappa shape index (κ3) is 4.37. The minimum Gasteiger partial charge on any atom is -0.335 e. The van der Waals surface area contributed by atoms with Gasteiger partial charge < -0.3 is 11.2 Å². The van der Waals surface area contributed by atoms with E-state index in [1.807, 2.05) is 0 Å². The van der Waals surface area contributed by atoms with Crippen molar-refractivity contribution in [1.82, 2.24) is 14.9 Å². The number of rotatable bonds is 6. The van der Waals surface area contributed by atoms with Crippen molar-refractivity contribution in [3.63, 3.8) is 0 Å². The fraction of sp³-hybridized carbons (Fsp3) is 0.158. The minimum absolute atomic E-state index is 0.0805. The van der Waals surface area contributed by atoms with E-state index in [0.717, 1.165) is 11.8 Å². The van der Waals surface area contributed by atoms with E-state index < -0.39 is 5.25 Å². The van der Waals surface area contributed by atoms with Crippen LogP contribution in [0.1, 0.15) is 24.2 Å². The second-order valence-corrected chi connectivity index (χ2v) is 7.38. The maximum atomic E-state index is 13.1. The van der Waals surface area contributed by atoms with Gasteiger partial charge in [-0.05, 0) is 50.2 Å². The molecular weight excluding hydrogens is 381 g/mol. The van der Waals surface area contributed by atoms with Crippen molar-refractivity contribution in [2.75, 3.05) is 11.2 Å². The Morgan fingerprint density at radius 1 is 1.18 bits per heavy atom. The molecule has 0 aliphatic heterocycles. The molecule has 144 valence electrons. The number of nitrogen functional groups attached to an aromatic ring is 1. The van der Waals surface area contributed by atoms with Crippen LogP contribution in [-0.2, 0) is 4.79 Å². The zero-order chi connectivity index (χ0) is 20.3. The predicted octanol–water partition coefficient (Wildman–Crippen LogP) is 3.12. The molecule has 0 bridgehead atoms. The van der Waals surface area contributed by atoms with E-state index in [9.17, 15) is 14.0 Å². The Morgan fingerprint density at radius 2 is 1.89 bits per heavy atom. The molecule has 1 atom stereocenters. The summed E-state index contributed by atoms with van der Waals surface area (Å²) in [4.78, 5) is 23.9. The van der Waals surface area contributed by atoms with Crippen molar-refractivity contribution < 1.29 is 14.0 Å². The van der Waals surface area contributed by atoms with Gasteiger partial charge >= 0.3 is 0 Å². The molecule has 7 nitrogen and oxygen atoms in total. The number of ketones is 1. The summed E-state index contributed by atoms with van der Waals surface area (Å²) >= 11 is 1.14. The summed E-state index contributed by atoms with van der Waals surface area (Å²) in [6.07, 6.45) is 0. The number of carbonyl (C=O) groups excluding carboxylic acids is 2. The van der Waals surface area contributed by atoms with Crippen molar-refractivity contribution >= 4 is 29.1 Å². The topological polar surface area (TPSA) is 103 Å². The molecule has 3 N–H and O–H groups in total. The number of nitrogens with one attached hydrogen (secondary N) is 1. The summed E-state index contributed by atoms with van der Waals surface area (Å²) in [5.74, 6) is 5.69. The first-order chi connectivity index (χ1) is 13.3. The molecule has 28 heavy (non-hydrogen) atoms. The number of carbonyl (C=O) groups is 2. The maximum absolute atomic E-state index is 13.1. The molecule has 0 spiro atoms. The van der Waals surface area contributed by atoms with E-state index >= 15 is 0 Å². The molecule has 9 heteroatoms. The molecule has 0 radical (unpaired) electrons. The van der Waals surface area contributed by atoms with Crippen LogP contribution in [0.3, 0.4) is 0 Å². The van der Waals surface area contributed by atoms with Crippen LogP contribution in [-0.4, -0.2) is 31.8 Å². The first kappa shape index (κ1) is 19.6. The van der Waals surface area contributed by atoms with Crippen LogP contribution in [0, 0.1) is 5.82 Å². The van der Waals surface area contributed by atoms with Gasteiger partial charge in [-0.1, -0.05) is 23.9 Å². The van der Waals surface area contributed by atoms with Crippen LogP contribution in [0.25, 0.3) is 11.4 Å². The molecule has 0 unspecified atom stereocenters. The normalized spacial score (nSPS) is 11.8. The van der Waals surface area contributed by atoms with Crippen LogP contribution < -0.4 is 11.2 Å². The van der Waals surface area contributed by atoms with Gasteiger partial charge in [0, 0.05) is 16.8 Å². The van der Waals surface area contributed by atoms with Crippen molar-refractivity contribution in [2.45, 2.75) is 24.3 Å². The number of halogens is 1. The highest BCUT2D eigenvalue weighted by Crippen LogP contribution is 2.25. The Morgan fingerprint density at radius 3 is 2.57 bits per heavy atom. The van der Waals surface area contributed by atoms with E-state index in [2.05, 4.69) is 15.5 Å². The van der Waals surface area contributed by atoms with Gasteiger partial charge in [-0.3, -0.25) is 9.59 Å². The highest BCUT2D eigenvalue weighted by atomic mass is 32.2. The minimum atomic E-state index is -0.520. The second kappa shape index (κ2) is 8.22. The van der Waals surface area contributed by atoms with Gasteiger partial charge in [0.1, 0.15) is 5.82 Å². The van der Waals surface area contributed by atoms with Crippen LogP contribution in [0.15, 0.2) is 53.7 Å². The number of nitrogens with zero attached hydrogens (tertiary/aromatic N) is 3. The molecule has 1 heterocycles. The van der Waals surface area contributed by atoms with E-state index in [-0.39, 0.29) is 17.5 Å². The molecule has 0 fully saturated rings. The van der Waals surface area contributed by atoms with Gasteiger partial charge in [0.15, 0.2) is 11.6 Å². The van der Waals surface area contributed by atoms with E-state index in [4.69, 9.17) is 5.84 Å². The van der Waals surface area contributed by atoms with E-state index in [1.165, 1.54) is 23.7 Å². The largest absolute Gasteiger partial charge is 0.335 e. The van der Waals surface area contributed by atoms with Gasteiger partial charge in [0.05, 0.1) is 5.25 Å². The van der Waals surface area contributed by atoms with Crippen LogP contribution in [0.5, 0.6) is 0 Å². The van der Waals surface area contributed by atoms with Crippen molar-refractivity contribution in [1.29, 1.82) is 0 Å². The standard InChI is InChI=1S/C19H18FN5O2S/c1-11(26)14-4-3-5-16(10-14)22-18(27)12(2)28-19-24-23-17(25(19)21)13-6-8-15(20)9-7-13/h3-10,12H,21H2,1-2H3,(H,22,27)/t12-/m0/s1. The fourth-order valence-electron chi connectivity index (χ4n) is 2.42. The third-order valence-corrected chi connectivity index (χ3v) is 5.01. The van der Waals surface area contributed by atoms with Crippen molar-refractivity contribution in [3.05, 3.63) is 59.9 Å². The Kier molecular flexibility index (Phi) is 5.74. The summed E-state index contributed by atoms with van der Waals surface area (Å²) < 4.78 is 14.3. The lowest BCUT2D eigenvalue weighted by Crippen LogP contribution is -2.23. The number of hydrogen-bond donors (Lipinski definition) is 2. The lowest BCUT2D eigenvalue weighted by Gasteiger charge is -2.12. The maximum Gasteiger partial charge on any atom is 0.237 e. The number of Topliss-reactive ketones (excluding diaryl/α,β-unsaturated/α-hetero) is 1. The lowest BCUT2D eigenvalue weighted by molar-refractivity contribution is -0.115. The second-order valence-electron chi connectivity index (χ2n) is 6.07. The Bertz CT molecular complexity index is 1020. The molecule has 1 aromatic heterocycles. The van der Waals surface area contributed by atoms with Crippen LogP contribution >= 0.6 is 11.8 Å². The molecule has 0 aliphatic carbocycles. The first-order valence-corrected chi connectivity index (χ1v) is 9.28. The molecule has 0 aliphatic rings. The Labute approximate surface area is 165 Å². The molecule has 2 aromatic carbocycles. The van der Waals surface area contributed by atoms with Crippen molar-refractivity contribution in [3.8, 4) is 11.4 Å². The summed E-state index contributed by atoms with van der Waals surface area (Å²) in [6, 6.07) is 12.4. The summed E-state index contributed by atoms with van der Waals surface area (Å²) in [5.41, 5.74) is 1.66. The number of nitrogens with two attached hydrogens (primary N) is 1. The predicted molar refractivity (Wildman–Crippen MR) is 106 cm³/mol. The summed E-state index contributed by atoms with van der Waals surface area (Å²) in [7, 11) is 0. The lowest BCUT2D eigenvalue weighted by atomic mass is 10.1. The average Bonchev–Trinajstić information content (AvgIpc) is 3.03. The fourth-order valence-corrected chi connectivity index (χ4v) is 3.19.